The second kappa shape index (κ2) is 4.34. The first kappa shape index (κ1) is 11.9. The van der Waals surface area contributed by atoms with Crippen molar-refractivity contribution in [1.82, 2.24) is 15.2 Å². The van der Waals surface area contributed by atoms with Gasteiger partial charge >= 0.3 is 6.01 Å². The predicted octanol–water partition coefficient (Wildman–Crippen LogP) is 0.984. The van der Waals surface area contributed by atoms with E-state index in [-0.39, 0.29) is 16.2 Å². The number of nitrogens with zero attached hydrogens (tertiary/aromatic N) is 2. The predicted molar refractivity (Wildman–Crippen MR) is 62.8 cm³/mol. The molecule has 0 atom stereocenters. The summed E-state index contributed by atoms with van der Waals surface area (Å²) in [6, 6.07) is 3.35. The van der Waals surface area contributed by atoms with Gasteiger partial charge in [-0.05, 0) is 19.1 Å². The van der Waals surface area contributed by atoms with Crippen LogP contribution in [0.2, 0.25) is 0 Å². The van der Waals surface area contributed by atoms with Gasteiger partial charge in [0.2, 0.25) is 5.95 Å². The first-order valence-corrected chi connectivity index (χ1v) is 6.87. The molecule has 9 heteroatoms. The fourth-order valence-corrected chi connectivity index (χ4v) is 3.36. The Balaban J connectivity index is 2.23. The van der Waals surface area contributed by atoms with Crippen molar-refractivity contribution in [3.63, 3.8) is 0 Å². The minimum Gasteiger partial charge on any atom is -0.466 e. The van der Waals surface area contributed by atoms with Gasteiger partial charge in [0, 0.05) is 4.88 Å². The quantitative estimate of drug-likeness (QED) is 0.866. The Hall–Kier alpha value is -1.61. The summed E-state index contributed by atoms with van der Waals surface area (Å²) in [7, 11) is -2.22. The molecule has 0 radical (unpaired) electrons. The van der Waals surface area contributed by atoms with E-state index in [2.05, 4.69) is 19.9 Å². The van der Waals surface area contributed by atoms with Crippen LogP contribution in [0.25, 0.3) is 0 Å². The smallest absolute Gasteiger partial charge is 0.336 e. The van der Waals surface area contributed by atoms with Crippen LogP contribution >= 0.6 is 11.3 Å². The van der Waals surface area contributed by atoms with E-state index >= 15 is 0 Å². The van der Waals surface area contributed by atoms with E-state index in [4.69, 9.17) is 4.74 Å². The van der Waals surface area contributed by atoms with Gasteiger partial charge < -0.3 is 4.74 Å². The maximum absolute atomic E-state index is 11.9. The lowest BCUT2D eigenvalue weighted by atomic mass is 10.5. The Kier molecular flexibility index (Phi) is 3.03. The third-order valence-electron chi connectivity index (χ3n) is 1.86. The average Bonchev–Trinajstić information content (AvgIpc) is 2.86. The molecule has 17 heavy (non-hydrogen) atoms. The zero-order valence-electron chi connectivity index (χ0n) is 9.09. The van der Waals surface area contributed by atoms with Gasteiger partial charge in [0.25, 0.3) is 10.0 Å². The van der Waals surface area contributed by atoms with Crippen molar-refractivity contribution >= 4 is 27.3 Å². The van der Waals surface area contributed by atoms with Gasteiger partial charge in [-0.1, -0.05) is 0 Å². The lowest BCUT2D eigenvalue weighted by Crippen LogP contribution is -2.12. The highest BCUT2D eigenvalue weighted by molar-refractivity contribution is 7.94. The molecule has 2 aromatic heterocycles. The number of ether oxygens (including phenoxy) is 1. The first-order chi connectivity index (χ1) is 8.01. The number of anilines is 1. The van der Waals surface area contributed by atoms with E-state index in [0.29, 0.717) is 0 Å². The van der Waals surface area contributed by atoms with E-state index < -0.39 is 10.0 Å². The number of rotatable bonds is 4. The highest BCUT2D eigenvalue weighted by Gasteiger charge is 2.18. The van der Waals surface area contributed by atoms with Crippen LogP contribution < -0.4 is 9.46 Å². The van der Waals surface area contributed by atoms with Crippen molar-refractivity contribution in [3.05, 3.63) is 17.0 Å². The van der Waals surface area contributed by atoms with E-state index in [1.54, 1.807) is 6.07 Å². The third-order valence-corrected chi connectivity index (χ3v) is 4.69. The average molecular weight is 274 g/mol. The molecule has 0 fully saturated rings. The Bertz CT molecular complexity index is 616. The molecule has 92 valence electrons. The second-order valence-corrected chi connectivity index (χ2v) is 6.34. The molecule has 0 aromatic carbocycles. The Morgan fingerprint density at radius 3 is 2.76 bits per heavy atom. The molecular weight excluding hydrogens is 264 g/mol. The first-order valence-electron chi connectivity index (χ1n) is 4.57. The lowest BCUT2D eigenvalue weighted by molar-refractivity contribution is 0.382. The largest absolute Gasteiger partial charge is 0.466 e. The van der Waals surface area contributed by atoms with Gasteiger partial charge in [-0.15, -0.1) is 16.4 Å². The van der Waals surface area contributed by atoms with Gasteiger partial charge in [-0.3, -0.25) is 0 Å². The molecule has 0 spiro atoms. The number of hydrogen-bond acceptors (Lipinski definition) is 6. The third kappa shape index (κ3) is 2.56. The van der Waals surface area contributed by atoms with Crippen LogP contribution in [0.15, 0.2) is 16.3 Å². The van der Waals surface area contributed by atoms with Crippen LogP contribution in [-0.2, 0) is 10.0 Å². The Morgan fingerprint density at radius 2 is 2.24 bits per heavy atom. The van der Waals surface area contributed by atoms with Crippen molar-refractivity contribution in [2.24, 2.45) is 0 Å². The van der Waals surface area contributed by atoms with E-state index in [1.807, 2.05) is 6.92 Å². The van der Waals surface area contributed by atoms with Crippen LogP contribution in [0.5, 0.6) is 6.01 Å². The summed E-state index contributed by atoms with van der Waals surface area (Å²) in [4.78, 5) is 4.69. The molecule has 0 saturated heterocycles. The van der Waals surface area contributed by atoms with Gasteiger partial charge in [0.05, 0.1) is 7.11 Å². The number of hydrogen-bond donors (Lipinski definition) is 2. The molecule has 2 rings (SSSR count). The monoisotopic (exact) mass is 274 g/mol. The summed E-state index contributed by atoms with van der Waals surface area (Å²) in [5.74, 6) is 0.0212. The molecule has 0 aliphatic rings. The minimum atomic E-state index is -3.61. The van der Waals surface area contributed by atoms with Gasteiger partial charge in [0.1, 0.15) is 4.21 Å². The molecule has 2 aromatic rings. The summed E-state index contributed by atoms with van der Waals surface area (Å²) in [5, 5.41) is 6.05. The summed E-state index contributed by atoms with van der Waals surface area (Å²) < 4.78 is 31.0. The summed E-state index contributed by atoms with van der Waals surface area (Å²) in [6.07, 6.45) is 0. The summed E-state index contributed by atoms with van der Waals surface area (Å²) >= 11 is 1.18. The van der Waals surface area contributed by atoms with E-state index in [1.165, 1.54) is 24.5 Å². The molecule has 2 N–H and O–H groups in total. The van der Waals surface area contributed by atoms with Gasteiger partial charge in [0.15, 0.2) is 0 Å². The van der Waals surface area contributed by atoms with Crippen LogP contribution in [0.4, 0.5) is 5.95 Å². The number of H-pyrrole nitrogens is 1. The van der Waals surface area contributed by atoms with E-state index in [9.17, 15) is 8.42 Å². The molecule has 2 heterocycles. The maximum Gasteiger partial charge on any atom is 0.336 e. The standard InChI is InChI=1S/C8H10N4O3S2/c1-5-3-4-6(16-5)17(13,14)12-7-9-8(15-2)11-10-7/h3-4H,1-2H3,(H2,9,10,11,12). The van der Waals surface area contributed by atoms with Crippen molar-refractivity contribution in [3.8, 4) is 6.01 Å². The van der Waals surface area contributed by atoms with Crippen LogP contribution in [0.1, 0.15) is 4.88 Å². The Morgan fingerprint density at radius 1 is 1.47 bits per heavy atom. The number of aromatic amines is 1. The molecule has 0 aliphatic carbocycles. The van der Waals surface area contributed by atoms with Crippen molar-refractivity contribution in [2.45, 2.75) is 11.1 Å². The molecule has 0 bridgehead atoms. The molecule has 0 saturated carbocycles. The van der Waals surface area contributed by atoms with Crippen LogP contribution in [0, 0.1) is 6.92 Å². The van der Waals surface area contributed by atoms with Crippen molar-refractivity contribution in [2.75, 3.05) is 11.8 Å². The molecule has 0 unspecified atom stereocenters. The van der Waals surface area contributed by atoms with E-state index in [0.717, 1.165) is 4.88 Å². The van der Waals surface area contributed by atoms with Gasteiger partial charge in [-0.25, -0.2) is 18.2 Å². The van der Waals surface area contributed by atoms with Crippen molar-refractivity contribution < 1.29 is 13.2 Å². The second-order valence-electron chi connectivity index (χ2n) is 3.14. The fraction of sp³-hybridized carbons (Fsp3) is 0.250. The van der Waals surface area contributed by atoms with Gasteiger partial charge in [-0.2, -0.15) is 4.98 Å². The molecule has 0 aliphatic heterocycles. The van der Waals surface area contributed by atoms with Crippen molar-refractivity contribution in [1.29, 1.82) is 0 Å². The fourth-order valence-electron chi connectivity index (χ4n) is 1.12. The minimum absolute atomic E-state index is 0.0212. The number of sulfonamides is 1. The highest BCUT2D eigenvalue weighted by atomic mass is 32.2. The topological polar surface area (TPSA) is 97.0 Å². The zero-order valence-corrected chi connectivity index (χ0v) is 10.7. The Labute approximate surface area is 102 Å². The summed E-state index contributed by atoms with van der Waals surface area (Å²) in [6.45, 7) is 1.83. The molecule has 0 amide bonds. The van der Waals surface area contributed by atoms with Crippen LogP contribution in [0.3, 0.4) is 0 Å². The van der Waals surface area contributed by atoms with Crippen LogP contribution in [-0.4, -0.2) is 30.7 Å². The molecular formula is C8H10N4O3S2. The number of aromatic nitrogens is 3. The lowest BCUT2D eigenvalue weighted by Gasteiger charge is -2.00. The number of aryl methyl sites for hydroxylation is 1. The number of methoxy groups -OCH3 is 1. The number of nitrogens with one attached hydrogen (secondary N) is 2. The SMILES string of the molecule is COc1n[nH]c(NS(=O)(=O)c2ccc(C)s2)n1. The molecule has 7 nitrogen and oxygen atoms in total. The summed E-state index contributed by atoms with van der Waals surface area (Å²) in [5.41, 5.74) is 0. The highest BCUT2D eigenvalue weighted by Crippen LogP contribution is 2.22. The normalized spacial score (nSPS) is 11.4. The maximum atomic E-state index is 11.9. The zero-order chi connectivity index (χ0) is 12.5. The number of thiophene rings is 1.